The third-order valence-electron chi connectivity index (χ3n) is 5.14. The van der Waals surface area contributed by atoms with Gasteiger partial charge >= 0.3 is 0 Å². The van der Waals surface area contributed by atoms with E-state index in [4.69, 9.17) is 20.9 Å². The van der Waals surface area contributed by atoms with E-state index in [1.807, 2.05) is 13.8 Å². The van der Waals surface area contributed by atoms with Crippen LogP contribution in [0.3, 0.4) is 0 Å². The predicted octanol–water partition coefficient (Wildman–Crippen LogP) is 3.75. The van der Waals surface area contributed by atoms with Gasteiger partial charge in [0.25, 0.3) is 5.91 Å². The number of aromatic nitrogens is 2. The number of hydrogen-bond acceptors (Lipinski definition) is 7. The largest absolute Gasteiger partial charge is 0.373 e. The van der Waals surface area contributed by atoms with E-state index in [0.29, 0.717) is 23.0 Å². The zero-order valence-corrected chi connectivity index (χ0v) is 19.9. The van der Waals surface area contributed by atoms with E-state index in [1.54, 1.807) is 31.2 Å². The summed E-state index contributed by atoms with van der Waals surface area (Å²) in [7, 11) is -3.93. The second kappa shape index (κ2) is 9.22. The van der Waals surface area contributed by atoms with Crippen LogP contribution in [0.25, 0.3) is 11.4 Å². The van der Waals surface area contributed by atoms with Gasteiger partial charge in [0.15, 0.2) is 0 Å². The Morgan fingerprint density at radius 2 is 1.85 bits per heavy atom. The predicted molar refractivity (Wildman–Crippen MR) is 123 cm³/mol. The summed E-state index contributed by atoms with van der Waals surface area (Å²) < 4.78 is 38.6. The van der Waals surface area contributed by atoms with Crippen LogP contribution in [-0.4, -0.2) is 54.1 Å². The minimum absolute atomic E-state index is 0.0426. The van der Waals surface area contributed by atoms with E-state index in [0.717, 1.165) is 0 Å². The highest BCUT2D eigenvalue weighted by molar-refractivity contribution is 7.89. The number of hydrogen-bond donors (Lipinski definition) is 1. The van der Waals surface area contributed by atoms with E-state index < -0.39 is 15.9 Å². The number of nitrogens with zero attached hydrogens (tertiary/aromatic N) is 3. The average Bonchev–Trinajstić information content (AvgIpc) is 3.19. The van der Waals surface area contributed by atoms with Crippen LogP contribution in [0.4, 0.5) is 5.69 Å². The maximum absolute atomic E-state index is 13.3. The number of carbonyl (C=O) groups excluding carboxylic acids is 1. The van der Waals surface area contributed by atoms with Gasteiger partial charge in [-0.1, -0.05) is 28.9 Å². The Morgan fingerprint density at radius 1 is 1.15 bits per heavy atom. The second-order valence-corrected chi connectivity index (χ2v) is 10.2. The van der Waals surface area contributed by atoms with Gasteiger partial charge in [-0.25, -0.2) is 8.42 Å². The topological polar surface area (TPSA) is 115 Å². The summed E-state index contributed by atoms with van der Waals surface area (Å²) in [6, 6.07) is 11.2. The molecule has 2 heterocycles. The van der Waals surface area contributed by atoms with Gasteiger partial charge < -0.3 is 14.6 Å². The van der Waals surface area contributed by atoms with Gasteiger partial charge in [-0.3, -0.25) is 4.79 Å². The number of morpholine rings is 1. The molecule has 1 fully saturated rings. The first kappa shape index (κ1) is 23.4. The van der Waals surface area contributed by atoms with Crippen molar-refractivity contribution in [3.8, 4) is 11.4 Å². The lowest BCUT2D eigenvalue weighted by atomic mass is 10.1. The molecule has 0 spiro atoms. The molecule has 2 aromatic carbocycles. The molecule has 0 radical (unpaired) electrons. The number of para-hydroxylation sites is 1. The third kappa shape index (κ3) is 4.93. The number of aryl methyl sites for hydroxylation is 1. The van der Waals surface area contributed by atoms with Crippen LogP contribution in [0.1, 0.15) is 30.1 Å². The molecule has 0 saturated carbocycles. The van der Waals surface area contributed by atoms with Crippen molar-refractivity contribution < 1.29 is 22.5 Å². The van der Waals surface area contributed by atoms with E-state index >= 15 is 0 Å². The summed E-state index contributed by atoms with van der Waals surface area (Å²) in [6.07, 6.45) is -0.502. The van der Waals surface area contributed by atoms with E-state index in [1.165, 1.54) is 22.5 Å². The monoisotopic (exact) mass is 490 g/mol. The molecule has 11 heteroatoms. The van der Waals surface area contributed by atoms with Crippen LogP contribution in [0.5, 0.6) is 0 Å². The van der Waals surface area contributed by atoms with Crippen molar-refractivity contribution >= 4 is 33.2 Å². The maximum atomic E-state index is 13.3. The molecular weight excluding hydrogens is 468 g/mol. The molecule has 0 bridgehead atoms. The smallest absolute Gasteiger partial charge is 0.255 e. The van der Waals surface area contributed by atoms with Crippen molar-refractivity contribution in [2.45, 2.75) is 37.9 Å². The quantitative estimate of drug-likeness (QED) is 0.579. The molecule has 2 unspecified atom stereocenters. The summed E-state index contributed by atoms with van der Waals surface area (Å²) in [5, 5.41) is 6.74. The van der Waals surface area contributed by atoms with Gasteiger partial charge in [-0.15, -0.1) is 0 Å². The Morgan fingerprint density at radius 3 is 2.52 bits per heavy atom. The molecule has 1 aromatic heterocycles. The summed E-state index contributed by atoms with van der Waals surface area (Å²) >= 11 is 6.25. The second-order valence-electron chi connectivity index (χ2n) is 7.86. The van der Waals surface area contributed by atoms with Gasteiger partial charge in [-0.05, 0) is 44.2 Å². The minimum Gasteiger partial charge on any atom is -0.373 e. The summed E-state index contributed by atoms with van der Waals surface area (Å²) in [5.74, 6) is 0.225. The zero-order chi connectivity index (χ0) is 23.8. The number of anilines is 1. The molecule has 1 saturated heterocycles. The summed E-state index contributed by atoms with van der Waals surface area (Å²) in [5.41, 5.74) is 1.17. The van der Waals surface area contributed by atoms with E-state index in [9.17, 15) is 13.2 Å². The lowest BCUT2D eigenvalue weighted by molar-refractivity contribution is -0.0440. The van der Waals surface area contributed by atoms with Crippen LogP contribution in [0.2, 0.25) is 5.02 Å². The maximum Gasteiger partial charge on any atom is 0.255 e. The van der Waals surface area contributed by atoms with Gasteiger partial charge in [0.2, 0.25) is 21.7 Å². The highest BCUT2D eigenvalue weighted by Crippen LogP contribution is 2.30. The zero-order valence-electron chi connectivity index (χ0n) is 18.3. The normalized spacial score (nSPS) is 19.4. The molecule has 9 nitrogen and oxygen atoms in total. The highest BCUT2D eigenvalue weighted by Gasteiger charge is 2.34. The Labute approximate surface area is 196 Å². The number of benzene rings is 2. The van der Waals surface area contributed by atoms with Crippen LogP contribution >= 0.6 is 11.6 Å². The van der Waals surface area contributed by atoms with Crippen molar-refractivity contribution in [2.75, 3.05) is 18.4 Å². The van der Waals surface area contributed by atoms with Gasteiger partial charge in [-0.2, -0.15) is 9.29 Å². The fraction of sp³-hybridized carbons (Fsp3) is 0.318. The van der Waals surface area contributed by atoms with Crippen molar-refractivity contribution in [1.82, 2.24) is 14.4 Å². The fourth-order valence-corrected chi connectivity index (χ4v) is 5.79. The van der Waals surface area contributed by atoms with Crippen LogP contribution in [0.15, 0.2) is 51.9 Å². The van der Waals surface area contributed by atoms with Gasteiger partial charge in [0, 0.05) is 31.1 Å². The first-order valence-corrected chi connectivity index (χ1v) is 12.1. The van der Waals surface area contributed by atoms with Crippen LogP contribution < -0.4 is 5.32 Å². The van der Waals surface area contributed by atoms with E-state index in [2.05, 4.69) is 15.5 Å². The van der Waals surface area contributed by atoms with E-state index in [-0.39, 0.29) is 40.8 Å². The minimum atomic E-state index is -3.93. The molecule has 1 N–H and O–H groups in total. The van der Waals surface area contributed by atoms with Gasteiger partial charge in [0.1, 0.15) is 4.90 Å². The van der Waals surface area contributed by atoms with Crippen molar-refractivity contribution in [3.05, 3.63) is 58.9 Å². The average molecular weight is 491 g/mol. The number of nitrogens with one attached hydrogen (secondary N) is 1. The van der Waals surface area contributed by atoms with Crippen molar-refractivity contribution in [3.63, 3.8) is 0 Å². The number of halogens is 1. The first-order valence-electron chi connectivity index (χ1n) is 10.3. The summed E-state index contributed by atoms with van der Waals surface area (Å²) in [6.45, 7) is 5.70. The SMILES string of the molecule is Cc1nc(-c2ccccc2NC(=O)c2ccc(Cl)c(S(=O)(=O)N3CC(C)OC(C)C3)c2)no1. The Bertz CT molecular complexity index is 1280. The molecule has 1 amide bonds. The Hall–Kier alpha value is -2.79. The number of ether oxygens (including phenoxy) is 1. The molecule has 0 aliphatic carbocycles. The molecular formula is C22H23ClN4O5S. The fourth-order valence-electron chi connectivity index (χ4n) is 3.70. The Kier molecular flexibility index (Phi) is 6.53. The molecule has 33 heavy (non-hydrogen) atoms. The Balaban J connectivity index is 1.63. The van der Waals surface area contributed by atoms with Crippen LogP contribution in [0, 0.1) is 6.92 Å². The highest BCUT2D eigenvalue weighted by atomic mass is 35.5. The standard InChI is InChI=1S/C22H23ClN4O5S/c1-13-11-27(12-14(2)31-13)33(29,30)20-10-16(8-9-18(20)23)22(28)25-19-7-5-4-6-17(19)21-24-15(3)32-26-21/h4-10,13-14H,11-12H2,1-3H3,(H,25,28). The molecule has 4 rings (SSSR count). The molecule has 3 aromatic rings. The molecule has 1 aliphatic rings. The van der Waals surface area contributed by atoms with Crippen LogP contribution in [-0.2, 0) is 14.8 Å². The molecule has 174 valence electrons. The van der Waals surface area contributed by atoms with Crippen molar-refractivity contribution in [2.24, 2.45) is 0 Å². The number of amides is 1. The lowest BCUT2D eigenvalue weighted by Crippen LogP contribution is -2.48. The molecule has 1 aliphatic heterocycles. The first-order chi connectivity index (χ1) is 15.6. The number of rotatable bonds is 5. The lowest BCUT2D eigenvalue weighted by Gasteiger charge is -2.34. The number of carbonyl (C=O) groups is 1. The number of sulfonamides is 1. The summed E-state index contributed by atoms with van der Waals surface area (Å²) in [4.78, 5) is 17.1. The van der Waals surface area contributed by atoms with Gasteiger partial charge in [0.05, 0.1) is 22.9 Å². The third-order valence-corrected chi connectivity index (χ3v) is 7.45. The van der Waals surface area contributed by atoms with Crippen molar-refractivity contribution in [1.29, 1.82) is 0 Å². The molecule has 2 atom stereocenters.